The van der Waals surface area contributed by atoms with Crippen LogP contribution in [0.1, 0.15) is 84.8 Å². The van der Waals surface area contributed by atoms with Gasteiger partial charge < -0.3 is 9.32 Å². The van der Waals surface area contributed by atoms with Gasteiger partial charge in [0.1, 0.15) is 5.58 Å². The molecule has 0 N–H and O–H groups in total. The first-order chi connectivity index (χ1) is 14.8. The van der Waals surface area contributed by atoms with E-state index in [1.54, 1.807) is 17.0 Å². The Morgan fingerprint density at radius 3 is 2.45 bits per heavy atom. The fraction of sp³-hybridized carbons (Fsp3) is 0.385. The molecule has 3 aromatic rings. The van der Waals surface area contributed by atoms with Gasteiger partial charge in [-0.15, -0.1) is 0 Å². The molecule has 0 spiro atoms. The lowest BCUT2D eigenvalue weighted by molar-refractivity contribution is 0.0724. The zero-order chi connectivity index (χ0) is 22.3. The highest BCUT2D eigenvalue weighted by Crippen LogP contribution is 2.39. The predicted molar refractivity (Wildman–Crippen MR) is 125 cm³/mol. The first kappa shape index (κ1) is 21.6. The number of fused-ring (bicyclic) bond motifs is 2. The molecule has 0 aliphatic carbocycles. The maximum Gasteiger partial charge on any atom is 0.290 e. The maximum atomic E-state index is 13.6. The van der Waals surface area contributed by atoms with Crippen LogP contribution in [0.3, 0.4) is 0 Å². The van der Waals surface area contributed by atoms with E-state index < -0.39 is 6.04 Å². The smallest absolute Gasteiger partial charge is 0.290 e. The molecule has 31 heavy (non-hydrogen) atoms. The summed E-state index contributed by atoms with van der Waals surface area (Å²) in [6.45, 7) is 8.86. The molecule has 1 aromatic heterocycles. The van der Waals surface area contributed by atoms with Crippen molar-refractivity contribution < 1.29 is 9.21 Å². The summed E-state index contributed by atoms with van der Waals surface area (Å²) in [5.74, 6) is 0.357. The van der Waals surface area contributed by atoms with E-state index in [2.05, 4.69) is 32.9 Å². The average molecular weight is 438 g/mol. The van der Waals surface area contributed by atoms with Crippen LogP contribution in [0.2, 0.25) is 5.02 Å². The molecule has 0 bridgehead atoms. The second-order valence-corrected chi connectivity index (χ2v) is 9.11. The predicted octanol–water partition coefficient (Wildman–Crippen LogP) is 6.61. The lowest BCUT2D eigenvalue weighted by Crippen LogP contribution is -2.30. The van der Waals surface area contributed by atoms with Crippen molar-refractivity contribution in [2.75, 3.05) is 6.54 Å². The van der Waals surface area contributed by atoms with E-state index in [0.29, 0.717) is 34.0 Å². The Labute approximate surface area is 187 Å². The van der Waals surface area contributed by atoms with Gasteiger partial charge in [0, 0.05) is 11.6 Å². The third kappa shape index (κ3) is 3.78. The second-order valence-electron chi connectivity index (χ2n) is 8.70. The molecule has 0 saturated heterocycles. The van der Waals surface area contributed by atoms with E-state index >= 15 is 0 Å². The molecule has 4 nitrogen and oxygen atoms in total. The fourth-order valence-electron chi connectivity index (χ4n) is 4.31. The number of carbonyl (C=O) groups excluding carboxylic acids is 1. The molecule has 0 fully saturated rings. The Bertz CT molecular complexity index is 1190. The van der Waals surface area contributed by atoms with Crippen LogP contribution in [-0.4, -0.2) is 17.4 Å². The summed E-state index contributed by atoms with van der Waals surface area (Å²) < 4.78 is 6.03. The normalized spacial score (nSPS) is 15.9. The molecule has 5 heteroatoms. The van der Waals surface area contributed by atoms with Gasteiger partial charge in [-0.25, -0.2) is 0 Å². The van der Waals surface area contributed by atoms with Crippen molar-refractivity contribution in [2.45, 2.75) is 58.9 Å². The van der Waals surface area contributed by atoms with Crippen molar-refractivity contribution >= 4 is 28.5 Å². The van der Waals surface area contributed by atoms with Gasteiger partial charge in [0.05, 0.1) is 17.0 Å². The van der Waals surface area contributed by atoms with Crippen molar-refractivity contribution in [1.82, 2.24) is 4.90 Å². The van der Waals surface area contributed by atoms with E-state index in [1.165, 1.54) is 5.56 Å². The SMILES string of the molecule is CCCCCN1C(=O)c2oc3cc(C)c(Cl)cc3c(=O)c2C1c1ccc(C(C)C)cc1. The third-order valence-corrected chi connectivity index (χ3v) is 6.58. The van der Waals surface area contributed by atoms with Crippen LogP contribution in [0.4, 0.5) is 0 Å². The van der Waals surface area contributed by atoms with Gasteiger partial charge in [-0.2, -0.15) is 0 Å². The minimum atomic E-state index is -0.443. The first-order valence-electron chi connectivity index (χ1n) is 11.0. The number of halogens is 1. The monoisotopic (exact) mass is 437 g/mol. The van der Waals surface area contributed by atoms with Gasteiger partial charge in [0.15, 0.2) is 5.43 Å². The van der Waals surface area contributed by atoms with Crippen molar-refractivity contribution in [3.63, 3.8) is 0 Å². The highest BCUT2D eigenvalue weighted by Gasteiger charge is 2.42. The lowest BCUT2D eigenvalue weighted by atomic mass is 9.95. The Kier molecular flexibility index (Phi) is 5.94. The number of carbonyl (C=O) groups is 1. The molecule has 4 rings (SSSR count). The van der Waals surface area contributed by atoms with Gasteiger partial charge in [-0.1, -0.05) is 69.5 Å². The topological polar surface area (TPSA) is 50.5 Å². The summed E-state index contributed by atoms with van der Waals surface area (Å²) in [5, 5.41) is 0.933. The van der Waals surface area contributed by atoms with Crippen LogP contribution >= 0.6 is 11.6 Å². The van der Waals surface area contributed by atoms with E-state index in [9.17, 15) is 9.59 Å². The zero-order valence-electron chi connectivity index (χ0n) is 18.5. The number of rotatable bonds is 6. The molecular weight excluding hydrogens is 410 g/mol. The number of amides is 1. The molecule has 1 atom stereocenters. The van der Waals surface area contributed by atoms with E-state index in [4.69, 9.17) is 16.0 Å². The highest BCUT2D eigenvalue weighted by molar-refractivity contribution is 6.32. The molecule has 162 valence electrons. The van der Waals surface area contributed by atoms with Crippen LogP contribution in [0, 0.1) is 6.92 Å². The average Bonchev–Trinajstić information content (AvgIpc) is 3.02. The number of hydrogen-bond acceptors (Lipinski definition) is 3. The van der Waals surface area contributed by atoms with Crippen molar-refractivity contribution in [1.29, 1.82) is 0 Å². The summed E-state index contributed by atoms with van der Waals surface area (Å²) in [4.78, 5) is 28.7. The third-order valence-electron chi connectivity index (χ3n) is 6.17. The Hall–Kier alpha value is -2.59. The van der Waals surface area contributed by atoms with Crippen LogP contribution in [0.25, 0.3) is 11.0 Å². The van der Waals surface area contributed by atoms with Crippen LogP contribution < -0.4 is 5.43 Å². The van der Waals surface area contributed by atoms with Gasteiger partial charge in [-0.3, -0.25) is 9.59 Å². The molecule has 1 aliphatic rings. The Morgan fingerprint density at radius 1 is 1.10 bits per heavy atom. The van der Waals surface area contributed by atoms with E-state index in [-0.39, 0.29) is 17.1 Å². The number of benzene rings is 2. The molecule has 1 amide bonds. The van der Waals surface area contributed by atoms with Crippen LogP contribution in [0.15, 0.2) is 45.6 Å². The fourth-order valence-corrected chi connectivity index (χ4v) is 4.48. The van der Waals surface area contributed by atoms with Crippen LogP contribution in [-0.2, 0) is 0 Å². The summed E-state index contributed by atoms with van der Waals surface area (Å²) >= 11 is 6.29. The number of unbranched alkanes of at least 4 members (excludes halogenated alkanes) is 2. The lowest BCUT2D eigenvalue weighted by Gasteiger charge is -2.25. The molecule has 0 radical (unpaired) electrons. The zero-order valence-corrected chi connectivity index (χ0v) is 19.3. The molecule has 0 saturated carbocycles. The summed E-state index contributed by atoms with van der Waals surface area (Å²) in [6, 6.07) is 11.2. The largest absolute Gasteiger partial charge is 0.450 e. The number of aryl methyl sites for hydroxylation is 1. The van der Waals surface area contributed by atoms with Gasteiger partial charge in [0.25, 0.3) is 5.91 Å². The summed E-state index contributed by atoms with van der Waals surface area (Å²) in [5.41, 5.74) is 3.61. The first-order valence-corrected chi connectivity index (χ1v) is 11.4. The molecule has 1 aliphatic heterocycles. The van der Waals surface area contributed by atoms with Crippen molar-refractivity contribution in [3.05, 3.63) is 79.7 Å². The maximum absolute atomic E-state index is 13.6. The molecule has 1 unspecified atom stereocenters. The quantitative estimate of drug-likeness (QED) is 0.407. The van der Waals surface area contributed by atoms with Gasteiger partial charge in [-0.05, 0) is 48.1 Å². The minimum Gasteiger partial charge on any atom is -0.450 e. The van der Waals surface area contributed by atoms with Gasteiger partial charge in [0.2, 0.25) is 5.76 Å². The Morgan fingerprint density at radius 2 is 1.81 bits per heavy atom. The van der Waals surface area contributed by atoms with Gasteiger partial charge >= 0.3 is 0 Å². The summed E-state index contributed by atoms with van der Waals surface area (Å²) in [7, 11) is 0. The van der Waals surface area contributed by atoms with E-state index in [0.717, 1.165) is 30.4 Å². The highest BCUT2D eigenvalue weighted by atomic mass is 35.5. The Balaban J connectivity index is 1.90. The minimum absolute atomic E-state index is 0.161. The number of hydrogen-bond donors (Lipinski definition) is 0. The molecule has 2 heterocycles. The van der Waals surface area contributed by atoms with E-state index in [1.807, 2.05) is 19.1 Å². The van der Waals surface area contributed by atoms with Crippen molar-refractivity contribution in [2.24, 2.45) is 0 Å². The van der Waals surface area contributed by atoms with Crippen LogP contribution in [0.5, 0.6) is 0 Å². The second kappa shape index (κ2) is 8.51. The molecular formula is C26H28ClNO3. The molecule has 2 aromatic carbocycles. The number of nitrogens with zero attached hydrogens (tertiary/aromatic N) is 1. The standard InChI is InChI=1S/C26H28ClNO3/c1-5-6-7-12-28-23(18-10-8-17(9-11-18)15(2)3)22-24(29)19-14-20(27)16(4)13-21(19)31-25(22)26(28)30/h8-11,13-15,23H,5-7,12H2,1-4H3. The van der Waals surface area contributed by atoms with Crippen molar-refractivity contribution in [3.8, 4) is 0 Å². The summed E-state index contributed by atoms with van der Waals surface area (Å²) in [6.07, 6.45) is 2.97.